The highest BCUT2D eigenvalue weighted by Gasteiger charge is 2.36. The second kappa shape index (κ2) is 15.3. The lowest BCUT2D eigenvalue weighted by molar-refractivity contribution is -0.144. The fraction of sp³-hybridized carbons (Fsp3) is 0.679. The second-order valence-corrected chi connectivity index (χ2v) is 12.2. The summed E-state index contributed by atoms with van der Waals surface area (Å²) in [5.74, 6) is -3.66. The normalized spacial score (nSPS) is 14.4. The summed E-state index contributed by atoms with van der Waals surface area (Å²) in [5.41, 5.74) is -1.65. The van der Waals surface area contributed by atoms with Crippen molar-refractivity contribution in [2.75, 3.05) is 7.11 Å². The molecule has 1 aromatic rings. The van der Waals surface area contributed by atoms with Gasteiger partial charge in [0, 0.05) is 25.4 Å². The summed E-state index contributed by atoms with van der Waals surface area (Å²) in [7, 11) is 2.93. The van der Waals surface area contributed by atoms with Crippen molar-refractivity contribution in [2.24, 2.45) is 13.0 Å². The molecule has 1 aromatic heterocycles. The van der Waals surface area contributed by atoms with Crippen molar-refractivity contribution in [1.29, 1.82) is 0 Å². The van der Waals surface area contributed by atoms with Crippen molar-refractivity contribution in [1.82, 2.24) is 36.1 Å². The third-order valence-electron chi connectivity index (χ3n) is 6.24. The Labute approximate surface area is 252 Å². The molecule has 0 aromatic carbocycles. The largest absolute Gasteiger partial charge is 0.467 e. The van der Waals surface area contributed by atoms with E-state index in [9.17, 15) is 28.8 Å². The molecular weight excluding hydrogens is 562 g/mol. The van der Waals surface area contributed by atoms with Gasteiger partial charge in [-0.15, -0.1) is 0 Å². The molecule has 0 fully saturated rings. The lowest BCUT2D eigenvalue weighted by Gasteiger charge is -2.31. The molecule has 0 aliphatic heterocycles. The topological polar surface area (TPSA) is 199 Å². The van der Waals surface area contributed by atoms with Gasteiger partial charge in [-0.25, -0.2) is 14.6 Å². The number of ether oxygens (including phenoxy) is 2. The van der Waals surface area contributed by atoms with Crippen LogP contribution < -0.4 is 26.6 Å². The molecule has 0 bridgehead atoms. The van der Waals surface area contributed by atoms with Crippen LogP contribution in [0.5, 0.6) is 0 Å². The number of nitrogens with one attached hydrogen (secondary N) is 5. The molecule has 0 spiro atoms. The molecular formula is C28H47N7O8. The molecule has 5 N–H and O–H groups in total. The zero-order valence-electron chi connectivity index (χ0n) is 26.9. The average molecular weight is 610 g/mol. The van der Waals surface area contributed by atoms with Crippen molar-refractivity contribution in [2.45, 2.75) is 104 Å². The first-order chi connectivity index (χ1) is 19.7. The molecule has 0 aliphatic carbocycles. The average Bonchev–Trinajstić information content (AvgIpc) is 3.28. The third kappa shape index (κ3) is 11.9. The van der Waals surface area contributed by atoms with E-state index in [-0.39, 0.29) is 6.42 Å². The number of nitrogens with zero attached hydrogens (tertiary/aromatic N) is 2. The number of hydrogen-bond acceptors (Lipinski definition) is 9. The van der Waals surface area contributed by atoms with Crippen molar-refractivity contribution in [3.8, 4) is 0 Å². The van der Waals surface area contributed by atoms with Crippen LogP contribution in [0, 0.1) is 5.92 Å². The van der Waals surface area contributed by atoms with Crippen LogP contribution in [0.3, 0.4) is 0 Å². The lowest BCUT2D eigenvalue weighted by atomic mass is 9.98. The summed E-state index contributed by atoms with van der Waals surface area (Å²) in [6.07, 6.45) is 2.37. The van der Waals surface area contributed by atoms with E-state index in [4.69, 9.17) is 4.74 Å². The van der Waals surface area contributed by atoms with E-state index in [1.54, 1.807) is 58.8 Å². The van der Waals surface area contributed by atoms with Gasteiger partial charge in [-0.05, 0) is 54.4 Å². The van der Waals surface area contributed by atoms with Crippen molar-refractivity contribution >= 4 is 35.7 Å². The Hall–Kier alpha value is -4.17. The molecule has 0 unspecified atom stereocenters. The zero-order chi connectivity index (χ0) is 33.3. The monoisotopic (exact) mass is 609 g/mol. The van der Waals surface area contributed by atoms with Gasteiger partial charge < -0.3 is 40.6 Å². The summed E-state index contributed by atoms with van der Waals surface area (Å²) in [4.78, 5) is 80.4. The number of hydrogen-bond donors (Lipinski definition) is 5. The maximum absolute atomic E-state index is 13.4. The minimum absolute atomic E-state index is 0.0659. The summed E-state index contributed by atoms with van der Waals surface area (Å²) in [6, 6.07) is -4.16. The number of rotatable bonds is 13. The van der Waals surface area contributed by atoms with Crippen LogP contribution >= 0.6 is 0 Å². The highest BCUT2D eigenvalue weighted by Crippen LogP contribution is 2.11. The fourth-order valence-electron chi connectivity index (χ4n) is 3.70. The van der Waals surface area contributed by atoms with Crippen LogP contribution in [0.25, 0.3) is 0 Å². The number of carbonyl (C=O) groups excluding carboxylic acids is 6. The Morgan fingerprint density at radius 2 is 1.47 bits per heavy atom. The minimum Gasteiger partial charge on any atom is -0.467 e. The van der Waals surface area contributed by atoms with Crippen LogP contribution in [0.2, 0.25) is 0 Å². The van der Waals surface area contributed by atoms with Gasteiger partial charge in [0.1, 0.15) is 35.3 Å². The summed E-state index contributed by atoms with van der Waals surface area (Å²) in [5, 5.41) is 12.8. The predicted molar refractivity (Wildman–Crippen MR) is 156 cm³/mol. The Balaban J connectivity index is 3.01. The molecule has 15 nitrogen and oxygen atoms in total. The molecule has 0 saturated carbocycles. The lowest BCUT2D eigenvalue weighted by Crippen LogP contribution is -2.63. The van der Waals surface area contributed by atoms with Crippen molar-refractivity contribution in [3.05, 3.63) is 18.2 Å². The van der Waals surface area contributed by atoms with E-state index in [0.717, 1.165) is 0 Å². The quantitative estimate of drug-likeness (QED) is 0.192. The molecule has 1 rings (SSSR count). The van der Waals surface area contributed by atoms with E-state index in [1.807, 2.05) is 0 Å². The Kier molecular flexibility index (Phi) is 13.2. The highest BCUT2D eigenvalue weighted by molar-refractivity contribution is 5.97. The molecule has 242 valence electrons. The number of carbonyl (C=O) groups is 6. The van der Waals surface area contributed by atoms with Gasteiger partial charge in [-0.3, -0.25) is 19.2 Å². The van der Waals surface area contributed by atoms with Gasteiger partial charge in [0.15, 0.2) is 0 Å². The third-order valence-corrected chi connectivity index (χ3v) is 6.24. The molecule has 15 heteroatoms. The summed E-state index contributed by atoms with van der Waals surface area (Å²) >= 11 is 0. The van der Waals surface area contributed by atoms with Crippen LogP contribution in [0.1, 0.15) is 68.0 Å². The highest BCUT2D eigenvalue weighted by atomic mass is 16.6. The first kappa shape index (κ1) is 36.9. The molecule has 0 radical (unpaired) electrons. The SMILES string of the molecule is COC(=O)[C@H](C)NC(=O)[C@@H](C)NC(=O)C(C)(C)NC(=O)[C@H](NC(=O)[C@H](Cc1cncn1C)NC(=O)OC(C)(C)C)C(C)C. The standard InChI is InChI=1S/C28H47N7O8/c1-15(2)20(23(38)34-28(8,9)25(40)31-16(3)21(36)30-17(4)24(39)42-11)33-22(37)19(12-18-13-29-14-35(18)10)32-26(41)43-27(5,6)7/h13-17,19-20H,12H2,1-11H3,(H,30,36)(H,31,40)(H,32,41)(H,33,37)(H,34,38)/t16-,17+,19+,20-/m1/s1. The second-order valence-electron chi connectivity index (χ2n) is 12.2. The van der Waals surface area contributed by atoms with E-state index in [2.05, 4.69) is 36.3 Å². The van der Waals surface area contributed by atoms with E-state index in [0.29, 0.717) is 5.69 Å². The Morgan fingerprint density at radius 1 is 0.860 bits per heavy atom. The zero-order valence-corrected chi connectivity index (χ0v) is 26.9. The fourth-order valence-corrected chi connectivity index (χ4v) is 3.70. The maximum atomic E-state index is 13.4. The van der Waals surface area contributed by atoms with Crippen LogP contribution in [-0.2, 0) is 46.9 Å². The van der Waals surface area contributed by atoms with E-state index >= 15 is 0 Å². The Bertz CT molecular complexity index is 1170. The van der Waals surface area contributed by atoms with Crippen molar-refractivity contribution in [3.63, 3.8) is 0 Å². The van der Waals surface area contributed by atoms with Gasteiger partial charge in [-0.1, -0.05) is 13.8 Å². The van der Waals surface area contributed by atoms with Crippen LogP contribution in [0.4, 0.5) is 4.79 Å². The van der Waals surface area contributed by atoms with Crippen molar-refractivity contribution < 1.29 is 38.2 Å². The first-order valence-electron chi connectivity index (χ1n) is 13.9. The van der Waals surface area contributed by atoms with Gasteiger partial charge in [0.2, 0.25) is 23.6 Å². The number of aryl methyl sites for hydroxylation is 1. The first-order valence-corrected chi connectivity index (χ1v) is 13.9. The van der Waals surface area contributed by atoms with Crippen LogP contribution in [-0.4, -0.2) is 87.7 Å². The molecule has 4 atom stereocenters. The number of esters is 1. The molecule has 1 heterocycles. The van der Waals surface area contributed by atoms with Gasteiger partial charge in [0.05, 0.1) is 13.4 Å². The van der Waals surface area contributed by atoms with Crippen LogP contribution in [0.15, 0.2) is 12.5 Å². The van der Waals surface area contributed by atoms with Gasteiger partial charge >= 0.3 is 12.1 Å². The predicted octanol–water partition coefficient (Wildman–Crippen LogP) is 0.0739. The van der Waals surface area contributed by atoms with Gasteiger partial charge in [0.25, 0.3) is 0 Å². The smallest absolute Gasteiger partial charge is 0.408 e. The minimum atomic E-state index is -1.50. The number of aromatic nitrogens is 2. The molecule has 43 heavy (non-hydrogen) atoms. The number of methoxy groups -OCH3 is 1. The Morgan fingerprint density at radius 3 is 1.95 bits per heavy atom. The van der Waals surface area contributed by atoms with E-state index < -0.39 is 76.9 Å². The molecule has 0 aliphatic rings. The molecule has 0 saturated heterocycles. The number of alkyl carbamates (subject to hydrolysis) is 1. The summed E-state index contributed by atoms with van der Waals surface area (Å²) in [6.45, 7) is 14.2. The summed E-state index contributed by atoms with van der Waals surface area (Å²) < 4.78 is 11.6. The molecule has 5 amide bonds. The van der Waals surface area contributed by atoms with E-state index in [1.165, 1.54) is 34.8 Å². The number of amides is 5. The maximum Gasteiger partial charge on any atom is 0.408 e. The van der Waals surface area contributed by atoms with Gasteiger partial charge in [-0.2, -0.15) is 0 Å². The number of imidazole rings is 1.